The first-order valence-corrected chi connectivity index (χ1v) is 6.42. The maximum Gasteiger partial charge on any atom is 0.417 e. The molecule has 5 nitrogen and oxygen atoms in total. The molecule has 2 rings (SSSR count). The van der Waals surface area contributed by atoms with Crippen LogP contribution >= 0.6 is 0 Å². The van der Waals surface area contributed by atoms with E-state index in [1.165, 1.54) is 19.0 Å². The standard InChI is InChI=1S/C13H16F3N3O2/c1-18(2)12(20)11-10(19-3-5-21-6-4-19)7-9(8-17-11)13(14,15)16/h7-8H,3-6H2,1-2H3. The van der Waals surface area contributed by atoms with Gasteiger partial charge in [-0.15, -0.1) is 0 Å². The first-order valence-electron chi connectivity index (χ1n) is 6.42. The van der Waals surface area contributed by atoms with Crippen molar-refractivity contribution in [3.05, 3.63) is 23.5 Å². The van der Waals surface area contributed by atoms with E-state index >= 15 is 0 Å². The van der Waals surface area contributed by atoms with Crippen LogP contribution in [0.15, 0.2) is 12.3 Å². The van der Waals surface area contributed by atoms with E-state index in [0.717, 1.165) is 6.07 Å². The van der Waals surface area contributed by atoms with E-state index in [-0.39, 0.29) is 11.4 Å². The number of nitrogens with zero attached hydrogens (tertiary/aromatic N) is 3. The van der Waals surface area contributed by atoms with Crippen molar-refractivity contribution in [1.29, 1.82) is 0 Å². The van der Waals surface area contributed by atoms with E-state index in [0.29, 0.717) is 32.5 Å². The average molecular weight is 303 g/mol. The highest BCUT2D eigenvalue weighted by atomic mass is 19.4. The third-order valence-electron chi connectivity index (χ3n) is 3.16. The molecule has 21 heavy (non-hydrogen) atoms. The Hall–Kier alpha value is -1.83. The van der Waals surface area contributed by atoms with Gasteiger partial charge in [0.05, 0.1) is 24.5 Å². The zero-order valence-corrected chi connectivity index (χ0v) is 11.8. The van der Waals surface area contributed by atoms with Crippen molar-refractivity contribution in [2.24, 2.45) is 0 Å². The SMILES string of the molecule is CN(C)C(=O)c1ncc(C(F)(F)F)cc1N1CCOCC1. The van der Waals surface area contributed by atoms with Gasteiger partial charge in [-0.05, 0) is 6.07 Å². The molecule has 2 heterocycles. The van der Waals surface area contributed by atoms with E-state index < -0.39 is 17.6 Å². The summed E-state index contributed by atoms with van der Waals surface area (Å²) in [5.41, 5.74) is -0.638. The lowest BCUT2D eigenvalue weighted by atomic mass is 10.1. The van der Waals surface area contributed by atoms with E-state index in [9.17, 15) is 18.0 Å². The zero-order valence-electron chi connectivity index (χ0n) is 11.8. The Morgan fingerprint density at radius 1 is 1.33 bits per heavy atom. The van der Waals surface area contributed by atoms with Crippen LogP contribution < -0.4 is 4.90 Å². The smallest absolute Gasteiger partial charge is 0.378 e. The van der Waals surface area contributed by atoms with Crippen LogP contribution in [0.3, 0.4) is 0 Å². The molecule has 1 aliphatic rings. The molecule has 0 saturated carbocycles. The summed E-state index contributed by atoms with van der Waals surface area (Å²) < 4.78 is 43.7. The lowest BCUT2D eigenvalue weighted by Gasteiger charge is -2.30. The largest absolute Gasteiger partial charge is 0.417 e. The number of rotatable bonds is 2. The van der Waals surface area contributed by atoms with Crippen LogP contribution in [0.5, 0.6) is 0 Å². The predicted octanol–water partition coefficient (Wildman–Crippen LogP) is 1.64. The van der Waals surface area contributed by atoms with Crippen molar-refractivity contribution in [3.8, 4) is 0 Å². The molecule has 0 unspecified atom stereocenters. The van der Waals surface area contributed by atoms with Gasteiger partial charge in [0.2, 0.25) is 0 Å². The third-order valence-corrected chi connectivity index (χ3v) is 3.16. The molecule has 0 N–H and O–H groups in total. The number of carbonyl (C=O) groups excluding carboxylic acids is 1. The molecule has 0 radical (unpaired) electrons. The lowest BCUT2D eigenvalue weighted by molar-refractivity contribution is -0.137. The summed E-state index contributed by atoms with van der Waals surface area (Å²) in [5, 5.41) is 0. The summed E-state index contributed by atoms with van der Waals surface area (Å²) in [4.78, 5) is 18.8. The van der Waals surface area contributed by atoms with Crippen LogP contribution in [0.4, 0.5) is 18.9 Å². The quantitative estimate of drug-likeness (QED) is 0.833. The van der Waals surface area contributed by atoms with Crippen molar-refractivity contribution in [2.45, 2.75) is 6.18 Å². The van der Waals surface area contributed by atoms with E-state index in [1.54, 1.807) is 4.90 Å². The molecule has 1 saturated heterocycles. The lowest BCUT2D eigenvalue weighted by Crippen LogP contribution is -2.38. The summed E-state index contributed by atoms with van der Waals surface area (Å²) >= 11 is 0. The number of carbonyl (C=O) groups is 1. The summed E-state index contributed by atoms with van der Waals surface area (Å²) in [7, 11) is 3.07. The number of hydrogen-bond donors (Lipinski definition) is 0. The third kappa shape index (κ3) is 3.44. The van der Waals surface area contributed by atoms with Gasteiger partial charge in [-0.2, -0.15) is 13.2 Å². The average Bonchev–Trinajstić information content (AvgIpc) is 2.45. The number of halogens is 3. The van der Waals surface area contributed by atoms with Crippen LogP contribution in [0.2, 0.25) is 0 Å². The number of ether oxygens (including phenoxy) is 1. The molecule has 0 aliphatic carbocycles. The second-order valence-electron chi connectivity index (χ2n) is 4.89. The highest BCUT2D eigenvalue weighted by molar-refractivity contribution is 5.97. The predicted molar refractivity (Wildman–Crippen MR) is 70.3 cm³/mol. The molecular weight excluding hydrogens is 287 g/mol. The monoisotopic (exact) mass is 303 g/mol. The Morgan fingerprint density at radius 2 is 1.95 bits per heavy atom. The number of hydrogen-bond acceptors (Lipinski definition) is 4. The van der Waals surface area contributed by atoms with Gasteiger partial charge in [0.1, 0.15) is 0 Å². The number of aromatic nitrogens is 1. The van der Waals surface area contributed by atoms with Gasteiger partial charge in [0.25, 0.3) is 5.91 Å². The summed E-state index contributed by atoms with van der Waals surface area (Å²) in [6.45, 7) is 1.67. The summed E-state index contributed by atoms with van der Waals surface area (Å²) in [6.07, 6.45) is -3.80. The van der Waals surface area contributed by atoms with Crippen molar-refractivity contribution in [2.75, 3.05) is 45.3 Å². The van der Waals surface area contributed by atoms with Crippen molar-refractivity contribution in [1.82, 2.24) is 9.88 Å². The minimum atomic E-state index is -4.49. The van der Waals surface area contributed by atoms with Gasteiger partial charge in [0, 0.05) is 33.4 Å². The van der Waals surface area contributed by atoms with Crippen LogP contribution in [0, 0.1) is 0 Å². The number of amides is 1. The molecule has 0 aromatic carbocycles. The highest BCUT2D eigenvalue weighted by Crippen LogP contribution is 2.33. The van der Waals surface area contributed by atoms with E-state index in [4.69, 9.17) is 4.74 Å². The van der Waals surface area contributed by atoms with Crippen molar-refractivity contribution >= 4 is 11.6 Å². The molecule has 0 bridgehead atoms. The second kappa shape index (κ2) is 5.88. The maximum atomic E-state index is 12.8. The maximum absolute atomic E-state index is 12.8. The van der Waals surface area contributed by atoms with Crippen LogP contribution in [-0.2, 0) is 10.9 Å². The first kappa shape index (κ1) is 15.6. The minimum Gasteiger partial charge on any atom is -0.378 e. The van der Waals surface area contributed by atoms with Gasteiger partial charge in [0.15, 0.2) is 5.69 Å². The Bertz CT molecular complexity index is 526. The molecule has 116 valence electrons. The minimum absolute atomic E-state index is 0.0231. The fraction of sp³-hybridized carbons (Fsp3) is 0.538. The second-order valence-corrected chi connectivity index (χ2v) is 4.89. The zero-order chi connectivity index (χ0) is 15.6. The van der Waals surface area contributed by atoms with E-state index in [1.807, 2.05) is 0 Å². The van der Waals surface area contributed by atoms with Gasteiger partial charge in [-0.1, -0.05) is 0 Å². The molecule has 1 aromatic heterocycles. The molecule has 1 aliphatic heterocycles. The number of alkyl halides is 3. The fourth-order valence-corrected chi connectivity index (χ4v) is 2.03. The molecule has 1 amide bonds. The van der Waals surface area contributed by atoms with Gasteiger partial charge in [-0.25, -0.2) is 4.98 Å². The number of pyridine rings is 1. The number of anilines is 1. The summed E-state index contributed by atoms with van der Waals surface area (Å²) in [6, 6.07) is 0.981. The highest BCUT2D eigenvalue weighted by Gasteiger charge is 2.33. The number of morpholine rings is 1. The van der Waals surface area contributed by atoms with Gasteiger partial charge < -0.3 is 14.5 Å². The van der Waals surface area contributed by atoms with Gasteiger partial charge >= 0.3 is 6.18 Å². The normalized spacial score (nSPS) is 16.0. The molecule has 0 atom stereocenters. The Kier molecular flexibility index (Phi) is 4.36. The van der Waals surface area contributed by atoms with Crippen molar-refractivity contribution in [3.63, 3.8) is 0 Å². The van der Waals surface area contributed by atoms with Crippen LogP contribution in [0.25, 0.3) is 0 Å². The molecule has 1 aromatic rings. The topological polar surface area (TPSA) is 45.7 Å². The summed E-state index contributed by atoms with van der Waals surface area (Å²) in [5.74, 6) is -0.426. The van der Waals surface area contributed by atoms with Gasteiger partial charge in [-0.3, -0.25) is 4.79 Å². The molecule has 0 spiro atoms. The molecule has 8 heteroatoms. The Labute approximate surface area is 120 Å². The molecular formula is C13H16F3N3O2. The first-order chi connectivity index (χ1) is 9.80. The Balaban J connectivity index is 2.46. The van der Waals surface area contributed by atoms with Crippen molar-refractivity contribution < 1.29 is 22.7 Å². The van der Waals surface area contributed by atoms with Crippen LogP contribution in [-0.4, -0.2) is 56.2 Å². The fourth-order valence-electron chi connectivity index (χ4n) is 2.03. The van der Waals surface area contributed by atoms with Crippen LogP contribution in [0.1, 0.15) is 16.1 Å². The Morgan fingerprint density at radius 3 is 2.48 bits per heavy atom. The molecule has 1 fully saturated rings. The van der Waals surface area contributed by atoms with E-state index in [2.05, 4.69) is 4.98 Å².